The maximum absolute atomic E-state index is 11.2. The normalized spacial score (nSPS) is 33.1. The van der Waals surface area contributed by atoms with Crippen LogP contribution in [-0.4, -0.2) is 23.2 Å². The molecule has 1 unspecified atom stereocenters. The first-order chi connectivity index (χ1) is 6.95. The Labute approximate surface area is 91.2 Å². The molecule has 3 heteroatoms. The monoisotopic (exact) mass is 211 g/mol. The Bertz CT molecular complexity index is 263. The van der Waals surface area contributed by atoms with E-state index in [1.165, 1.54) is 0 Å². The molecule has 1 heterocycles. The molecule has 86 valence electrons. The summed E-state index contributed by atoms with van der Waals surface area (Å²) in [7, 11) is 0. The molecule has 0 amide bonds. The van der Waals surface area contributed by atoms with E-state index in [1.807, 2.05) is 0 Å². The fraction of sp³-hybridized carbons (Fsp3) is 0.917. The lowest BCUT2D eigenvalue weighted by Crippen LogP contribution is -2.51. The van der Waals surface area contributed by atoms with Crippen molar-refractivity contribution in [3.63, 3.8) is 0 Å². The largest absolute Gasteiger partial charge is 0.481 e. The van der Waals surface area contributed by atoms with Crippen LogP contribution in [0.3, 0.4) is 0 Å². The zero-order chi connectivity index (χ0) is 11.1. The van der Waals surface area contributed by atoms with Gasteiger partial charge in [-0.05, 0) is 44.1 Å². The van der Waals surface area contributed by atoms with Gasteiger partial charge in [-0.2, -0.15) is 0 Å². The number of aliphatic carboxylic acids is 1. The molecule has 15 heavy (non-hydrogen) atoms. The average molecular weight is 211 g/mol. The highest BCUT2D eigenvalue weighted by atomic mass is 16.4. The quantitative estimate of drug-likeness (QED) is 0.697. The summed E-state index contributed by atoms with van der Waals surface area (Å²) in [6.07, 6.45) is 5.14. The molecule has 0 aromatic heterocycles. The van der Waals surface area contributed by atoms with Gasteiger partial charge in [-0.3, -0.25) is 4.79 Å². The van der Waals surface area contributed by atoms with E-state index in [0.29, 0.717) is 5.41 Å². The van der Waals surface area contributed by atoms with Gasteiger partial charge in [0.1, 0.15) is 0 Å². The Morgan fingerprint density at radius 1 is 1.27 bits per heavy atom. The molecule has 2 N–H and O–H groups in total. The van der Waals surface area contributed by atoms with Gasteiger partial charge < -0.3 is 10.4 Å². The molecule has 2 rings (SSSR count). The van der Waals surface area contributed by atoms with Gasteiger partial charge in [-0.25, -0.2) is 0 Å². The minimum absolute atomic E-state index is 0.0820. The molecule has 3 nitrogen and oxygen atoms in total. The van der Waals surface area contributed by atoms with Crippen LogP contribution in [0, 0.1) is 11.3 Å². The third kappa shape index (κ3) is 1.89. The molecule has 0 aromatic rings. The molecule has 2 fully saturated rings. The maximum atomic E-state index is 11.2. The second-order valence-electron chi connectivity index (χ2n) is 5.93. The van der Waals surface area contributed by atoms with Crippen LogP contribution in [-0.2, 0) is 4.79 Å². The van der Waals surface area contributed by atoms with Crippen LogP contribution in [0.1, 0.15) is 46.0 Å². The van der Waals surface area contributed by atoms with E-state index in [1.54, 1.807) is 0 Å². The summed E-state index contributed by atoms with van der Waals surface area (Å²) < 4.78 is 0. The van der Waals surface area contributed by atoms with Crippen molar-refractivity contribution in [2.24, 2.45) is 11.3 Å². The molecule has 1 aliphatic heterocycles. The van der Waals surface area contributed by atoms with Gasteiger partial charge in [0.15, 0.2) is 0 Å². The smallest absolute Gasteiger partial charge is 0.308 e. The molecular weight excluding hydrogens is 190 g/mol. The van der Waals surface area contributed by atoms with Crippen molar-refractivity contribution < 1.29 is 9.90 Å². The second-order valence-corrected chi connectivity index (χ2v) is 5.93. The second kappa shape index (κ2) is 3.48. The van der Waals surface area contributed by atoms with Gasteiger partial charge in [-0.15, -0.1) is 0 Å². The van der Waals surface area contributed by atoms with Crippen molar-refractivity contribution in [2.75, 3.05) is 6.54 Å². The summed E-state index contributed by atoms with van der Waals surface area (Å²) in [5, 5.41) is 12.7. The van der Waals surface area contributed by atoms with Crippen molar-refractivity contribution in [3.8, 4) is 0 Å². The summed E-state index contributed by atoms with van der Waals surface area (Å²) in [4.78, 5) is 11.2. The molecule has 1 atom stereocenters. The van der Waals surface area contributed by atoms with E-state index in [-0.39, 0.29) is 11.5 Å². The molecular formula is C12H21NO2. The van der Waals surface area contributed by atoms with Crippen LogP contribution < -0.4 is 5.32 Å². The standard InChI is InChI=1S/C12H21NO2/c1-11(2)4-6-12(7-5-11)9(10(14)15)3-8-13-12/h9,13H,3-8H2,1-2H3,(H,14,15). The van der Waals surface area contributed by atoms with Crippen molar-refractivity contribution in [3.05, 3.63) is 0 Å². The van der Waals surface area contributed by atoms with E-state index >= 15 is 0 Å². The Morgan fingerprint density at radius 2 is 1.87 bits per heavy atom. The predicted octanol–water partition coefficient (Wildman–Crippen LogP) is 2.02. The van der Waals surface area contributed by atoms with Gasteiger partial charge in [0, 0.05) is 5.54 Å². The highest BCUT2D eigenvalue weighted by Crippen LogP contribution is 2.46. The van der Waals surface area contributed by atoms with Crippen LogP contribution in [0.4, 0.5) is 0 Å². The van der Waals surface area contributed by atoms with Gasteiger partial charge in [0.2, 0.25) is 0 Å². The maximum Gasteiger partial charge on any atom is 0.308 e. The van der Waals surface area contributed by atoms with Gasteiger partial charge in [0.25, 0.3) is 0 Å². The number of hydrogen-bond donors (Lipinski definition) is 2. The van der Waals surface area contributed by atoms with Crippen LogP contribution in [0.15, 0.2) is 0 Å². The highest BCUT2D eigenvalue weighted by Gasteiger charge is 2.49. The van der Waals surface area contributed by atoms with Crippen LogP contribution in [0.5, 0.6) is 0 Å². The topological polar surface area (TPSA) is 49.3 Å². The molecule has 1 spiro atoms. The van der Waals surface area contributed by atoms with E-state index in [9.17, 15) is 9.90 Å². The Hall–Kier alpha value is -0.570. The van der Waals surface area contributed by atoms with Crippen molar-refractivity contribution in [1.82, 2.24) is 5.32 Å². The Morgan fingerprint density at radius 3 is 2.40 bits per heavy atom. The number of carbonyl (C=O) groups is 1. The molecule has 2 aliphatic rings. The molecule has 0 aromatic carbocycles. The van der Waals surface area contributed by atoms with Gasteiger partial charge >= 0.3 is 5.97 Å². The summed E-state index contributed by atoms with van der Waals surface area (Å²) >= 11 is 0. The SMILES string of the molecule is CC1(C)CCC2(CC1)NCCC2C(=O)O. The van der Waals surface area contributed by atoms with E-state index in [0.717, 1.165) is 38.6 Å². The molecule has 1 aliphatic carbocycles. The Kier molecular flexibility index (Phi) is 2.53. The fourth-order valence-corrected chi connectivity index (χ4v) is 3.12. The first kappa shape index (κ1) is 10.9. The van der Waals surface area contributed by atoms with E-state index in [4.69, 9.17) is 0 Å². The van der Waals surface area contributed by atoms with Crippen LogP contribution in [0.2, 0.25) is 0 Å². The zero-order valence-corrected chi connectivity index (χ0v) is 9.68. The van der Waals surface area contributed by atoms with Crippen molar-refractivity contribution in [2.45, 2.75) is 51.5 Å². The summed E-state index contributed by atoms with van der Waals surface area (Å²) in [5.41, 5.74) is 0.319. The molecule has 1 saturated carbocycles. The minimum atomic E-state index is -0.611. The van der Waals surface area contributed by atoms with Crippen molar-refractivity contribution in [1.29, 1.82) is 0 Å². The lowest BCUT2D eigenvalue weighted by atomic mass is 9.66. The number of carboxylic acids is 1. The average Bonchev–Trinajstić information content (AvgIpc) is 2.55. The van der Waals surface area contributed by atoms with E-state index < -0.39 is 5.97 Å². The molecule has 0 radical (unpaired) electrons. The first-order valence-corrected chi connectivity index (χ1v) is 5.93. The highest BCUT2D eigenvalue weighted by molar-refractivity contribution is 5.72. The first-order valence-electron chi connectivity index (χ1n) is 5.93. The summed E-state index contributed by atoms with van der Waals surface area (Å²) in [6, 6.07) is 0. The number of carboxylic acid groups (broad SMARTS) is 1. The van der Waals surface area contributed by atoms with Gasteiger partial charge in [-0.1, -0.05) is 13.8 Å². The minimum Gasteiger partial charge on any atom is -0.481 e. The lowest BCUT2D eigenvalue weighted by Gasteiger charge is -2.43. The van der Waals surface area contributed by atoms with Gasteiger partial charge in [0.05, 0.1) is 5.92 Å². The number of rotatable bonds is 1. The molecule has 0 bridgehead atoms. The predicted molar refractivity (Wildman–Crippen MR) is 58.7 cm³/mol. The third-order valence-corrected chi connectivity index (χ3v) is 4.37. The lowest BCUT2D eigenvalue weighted by molar-refractivity contribution is -0.144. The third-order valence-electron chi connectivity index (χ3n) is 4.37. The zero-order valence-electron chi connectivity index (χ0n) is 9.68. The summed E-state index contributed by atoms with van der Waals surface area (Å²) in [6.45, 7) is 5.44. The molecule has 1 saturated heterocycles. The fourth-order valence-electron chi connectivity index (χ4n) is 3.12. The van der Waals surface area contributed by atoms with Crippen LogP contribution in [0.25, 0.3) is 0 Å². The number of nitrogens with one attached hydrogen (secondary N) is 1. The Balaban J connectivity index is 2.11. The number of hydrogen-bond acceptors (Lipinski definition) is 2. The van der Waals surface area contributed by atoms with Crippen LogP contribution >= 0.6 is 0 Å². The summed E-state index contributed by atoms with van der Waals surface area (Å²) in [5.74, 6) is -0.770. The van der Waals surface area contributed by atoms with Crippen molar-refractivity contribution >= 4 is 5.97 Å². The van der Waals surface area contributed by atoms with E-state index in [2.05, 4.69) is 19.2 Å².